The minimum absolute atomic E-state index is 0.419. The first kappa shape index (κ1) is 10.2. The molecule has 0 spiro atoms. The highest BCUT2D eigenvalue weighted by atomic mass is 14.1. The molecular weight excluding hydrogens is 144 g/mol. The van der Waals surface area contributed by atoms with Gasteiger partial charge in [0.2, 0.25) is 0 Å². The van der Waals surface area contributed by atoms with E-state index in [0.29, 0.717) is 6.42 Å². The van der Waals surface area contributed by atoms with Gasteiger partial charge in [0.05, 0.1) is 6.42 Å². The number of hydrogen-bond acceptors (Lipinski definition) is 0. The van der Waals surface area contributed by atoms with Gasteiger partial charge in [-0.2, -0.15) is 0 Å². The van der Waals surface area contributed by atoms with E-state index in [2.05, 4.69) is 35.5 Å². The van der Waals surface area contributed by atoms with Crippen LogP contribution in [0.4, 0.5) is 0 Å². The molecule has 0 aliphatic rings. The fourth-order valence-electron chi connectivity index (χ4n) is 0.625. The summed E-state index contributed by atoms with van der Waals surface area (Å²) < 4.78 is 0. The molecule has 0 bridgehead atoms. The van der Waals surface area contributed by atoms with E-state index in [0.717, 1.165) is 0 Å². The molecule has 0 aliphatic carbocycles. The quantitative estimate of drug-likeness (QED) is 0.466. The molecule has 0 nitrogen and oxygen atoms in total. The normalized spacial score (nSPS) is 11.7. The van der Waals surface area contributed by atoms with Crippen molar-refractivity contribution in [2.45, 2.75) is 20.3 Å². The van der Waals surface area contributed by atoms with Gasteiger partial charge in [-0.1, -0.05) is 29.6 Å². The highest BCUT2D eigenvalue weighted by Crippen LogP contribution is 2.10. The molecule has 0 saturated carbocycles. The van der Waals surface area contributed by atoms with E-state index in [9.17, 15) is 0 Å². The van der Waals surface area contributed by atoms with Gasteiger partial charge in [-0.3, -0.25) is 0 Å². The second kappa shape index (κ2) is 4.97. The van der Waals surface area contributed by atoms with Crippen LogP contribution < -0.4 is 0 Å². The van der Waals surface area contributed by atoms with Crippen molar-refractivity contribution in [1.29, 1.82) is 0 Å². The van der Waals surface area contributed by atoms with Crippen LogP contribution in [-0.2, 0) is 0 Å². The molecule has 0 heteroatoms. The van der Waals surface area contributed by atoms with E-state index < -0.39 is 5.41 Å². The van der Waals surface area contributed by atoms with Crippen molar-refractivity contribution in [3.8, 4) is 48.4 Å². The van der Waals surface area contributed by atoms with Crippen molar-refractivity contribution in [1.82, 2.24) is 0 Å². The summed E-state index contributed by atoms with van der Waals surface area (Å²) in [5.41, 5.74) is -0.647. The van der Waals surface area contributed by atoms with Crippen LogP contribution in [0.1, 0.15) is 20.3 Å². The van der Waals surface area contributed by atoms with Crippen molar-refractivity contribution in [3.63, 3.8) is 0 Å². The summed E-state index contributed by atoms with van der Waals surface area (Å²) >= 11 is 0. The van der Waals surface area contributed by atoms with Crippen LogP contribution in [0.25, 0.3) is 0 Å². The van der Waals surface area contributed by atoms with E-state index in [1.807, 2.05) is 0 Å². The fraction of sp³-hybridized carbons (Fsp3) is 0.333. The Morgan fingerprint density at radius 2 is 1.92 bits per heavy atom. The molecule has 0 aromatic rings. The summed E-state index contributed by atoms with van der Waals surface area (Å²) in [7, 11) is 0. The molecule has 0 heterocycles. The fourth-order valence-corrected chi connectivity index (χ4v) is 0.625. The molecule has 0 fully saturated rings. The number of terminal acetylenes is 2. The third-order valence-corrected chi connectivity index (χ3v) is 1.19. The first-order valence-corrected chi connectivity index (χ1v) is 3.53. The summed E-state index contributed by atoms with van der Waals surface area (Å²) in [6.07, 6.45) is 10.7. The van der Waals surface area contributed by atoms with Gasteiger partial charge in [-0.25, -0.2) is 0 Å². The zero-order chi connectivity index (χ0) is 9.45. The standard InChI is InChI=1S/C12H10/c1-5-8-9-11-12(4,7-3)10-6-2/h1,3H,8H2,2,4H3. The minimum atomic E-state index is -0.647. The Morgan fingerprint density at radius 3 is 2.33 bits per heavy atom. The Hall–Kier alpha value is -1.76. The monoisotopic (exact) mass is 154 g/mol. The Balaban J connectivity index is 4.61. The van der Waals surface area contributed by atoms with E-state index in [1.165, 1.54) is 0 Å². The average molecular weight is 154 g/mol. The van der Waals surface area contributed by atoms with Gasteiger partial charge >= 0.3 is 0 Å². The molecule has 12 heavy (non-hydrogen) atoms. The van der Waals surface area contributed by atoms with Gasteiger partial charge in [-0.05, 0) is 13.8 Å². The average Bonchev–Trinajstić information content (AvgIpc) is 2.06. The molecule has 0 rings (SSSR count). The van der Waals surface area contributed by atoms with Gasteiger partial charge in [0.15, 0.2) is 0 Å². The van der Waals surface area contributed by atoms with Crippen molar-refractivity contribution in [2.75, 3.05) is 0 Å². The van der Waals surface area contributed by atoms with Crippen LogP contribution in [-0.4, -0.2) is 0 Å². The third-order valence-electron chi connectivity index (χ3n) is 1.19. The Kier molecular flexibility index (Phi) is 4.24. The van der Waals surface area contributed by atoms with Crippen LogP contribution in [0, 0.1) is 53.8 Å². The molecule has 0 saturated heterocycles. The SMILES string of the molecule is C#CCC#CC(C)(C#C)C#CC. The maximum Gasteiger partial charge on any atom is 0.148 e. The predicted octanol–water partition coefficient (Wildman–Crippen LogP) is 1.68. The van der Waals surface area contributed by atoms with Crippen molar-refractivity contribution in [2.24, 2.45) is 5.41 Å². The van der Waals surface area contributed by atoms with Crippen LogP contribution in [0.2, 0.25) is 0 Å². The second-order valence-electron chi connectivity index (χ2n) is 2.33. The number of hydrogen-bond donors (Lipinski definition) is 0. The summed E-state index contributed by atoms with van der Waals surface area (Å²) in [6, 6.07) is 0. The lowest BCUT2D eigenvalue weighted by Gasteiger charge is -2.05. The largest absolute Gasteiger partial charge is 0.148 e. The summed E-state index contributed by atoms with van der Waals surface area (Å²) in [5, 5.41) is 0. The van der Waals surface area contributed by atoms with Gasteiger partial charge in [0.1, 0.15) is 5.41 Å². The van der Waals surface area contributed by atoms with Gasteiger partial charge in [0, 0.05) is 0 Å². The van der Waals surface area contributed by atoms with Crippen LogP contribution in [0.3, 0.4) is 0 Å². The summed E-state index contributed by atoms with van der Waals surface area (Å²) in [6.45, 7) is 3.53. The molecule has 58 valence electrons. The highest BCUT2D eigenvalue weighted by Gasteiger charge is 2.12. The highest BCUT2D eigenvalue weighted by molar-refractivity contribution is 5.36. The van der Waals surface area contributed by atoms with Gasteiger partial charge in [-0.15, -0.1) is 18.8 Å². The molecule has 0 aromatic carbocycles. The smallest absolute Gasteiger partial charge is 0.119 e. The molecular formula is C12H10. The van der Waals surface area contributed by atoms with E-state index in [-0.39, 0.29) is 0 Å². The topological polar surface area (TPSA) is 0 Å². The van der Waals surface area contributed by atoms with Gasteiger partial charge < -0.3 is 0 Å². The van der Waals surface area contributed by atoms with Crippen LogP contribution >= 0.6 is 0 Å². The lowest BCUT2D eigenvalue weighted by Crippen LogP contribution is -2.06. The van der Waals surface area contributed by atoms with Crippen molar-refractivity contribution in [3.05, 3.63) is 0 Å². The van der Waals surface area contributed by atoms with Gasteiger partial charge in [0.25, 0.3) is 0 Å². The Labute approximate surface area is 74.8 Å². The maximum atomic E-state index is 5.27. The molecule has 0 N–H and O–H groups in total. The lowest BCUT2D eigenvalue weighted by atomic mass is 9.93. The lowest BCUT2D eigenvalue weighted by molar-refractivity contribution is 0.820. The molecule has 1 atom stereocenters. The van der Waals surface area contributed by atoms with E-state index in [1.54, 1.807) is 13.8 Å². The zero-order valence-electron chi connectivity index (χ0n) is 7.36. The molecule has 0 radical (unpaired) electrons. The van der Waals surface area contributed by atoms with Crippen LogP contribution in [0.15, 0.2) is 0 Å². The van der Waals surface area contributed by atoms with E-state index in [4.69, 9.17) is 12.8 Å². The second-order valence-corrected chi connectivity index (χ2v) is 2.33. The zero-order valence-corrected chi connectivity index (χ0v) is 7.36. The first-order valence-electron chi connectivity index (χ1n) is 3.53. The Morgan fingerprint density at radius 1 is 1.25 bits per heavy atom. The first-order chi connectivity index (χ1) is 5.68. The summed E-state index contributed by atoms with van der Waals surface area (Å²) in [4.78, 5) is 0. The van der Waals surface area contributed by atoms with E-state index >= 15 is 0 Å². The maximum absolute atomic E-state index is 5.27. The van der Waals surface area contributed by atoms with Crippen molar-refractivity contribution < 1.29 is 0 Å². The number of rotatable bonds is 0. The third kappa shape index (κ3) is 3.42. The summed E-state index contributed by atoms with van der Waals surface area (Å²) in [5.74, 6) is 16.1. The molecule has 1 unspecified atom stereocenters. The molecule has 0 aliphatic heterocycles. The van der Waals surface area contributed by atoms with Crippen LogP contribution in [0.5, 0.6) is 0 Å². The Bertz CT molecular complexity index is 338. The van der Waals surface area contributed by atoms with Crippen molar-refractivity contribution >= 4 is 0 Å². The minimum Gasteiger partial charge on any atom is -0.119 e. The predicted molar refractivity (Wildman–Crippen MR) is 51.6 cm³/mol. The molecule has 0 amide bonds. The molecule has 0 aromatic heterocycles.